The fourth-order valence-electron chi connectivity index (χ4n) is 2.96. The molecule has 2 aliphatic rings. The third-order valence-electron chi connectivity index (χ3n) is 4.80. The zero-order chi connectivity index (χ0) is 19.6. The number of nitrogens with zero attached hydrogens (tertiary/aromatic N) is 3. The van der Waals surface area contributed by atoms with Crippen LogP contribution < -0.4 is 0 Å². The minimum Gasteiger partial charge on any atom is -0.508 e. The Hall–Kier alpha value is -2.40. The molecule has 0 saturated carbocycles. The number of hydrogen-bond donors (Lipinski definition) is 1. The molecule has 2 fully saturated rings. The highest BCUT2D eigenvalue weighted by atomic mass is 16.5. The zero-order valence-electron chi connectivity index (χ0n) is 15.9. The molecule has 2 saturated heterocycles. The van der Waals surface area contributed by atoms with E-state index in [-0.39, 0.29) is 5.75 Å². The predicted molar refractivity (Wildman–Crippen MR) is 101 cm³/mol. The number of hydrogen-bond acceptors (Lipinski definition) is 7. The molecule has 0 aliphatic carbocycles. The Morgan fingerprint density at radius 3 is 2.41 bits per heavy atom. The van der Waals surface area contributed by atoms with Gasteiger partial charge in [-0.05, 0) is 31.2 Å². The summed E-state index contributed by atoms with van der Waals surface area (Å²) in [5, 5.41) is 17.3. The number of esters is 1. The molecule has 1 unspecified atom stereocenters. The highest BCUT2D eigenvalue weighted by Crippen LogP contribution is 2.15. The number of rotatable bonds is 4. The summed E-state index contributed by atoms with van der Waals surface area (Å²) in [7, 11) is 1.31. The van der Waals surface area contributed by atoms with Gasteiger partial charge in [0.2, 0.25) is 0 Å². The number of allylic oxidation sites excluding steroid dienone is 1. The van der Waals surface area contributed by atoms with Gasteiger partial charge in [-0.2, -0.15) is 5.26 Å². The van der Waals surface area contributed by atoms with Crippen molar-refractivity contribution in [2.24, 2.45) is 0 Å². The largest absolute Gasteiger partial charge is 0.508 e. The van der Waals surface area contributed by atoms with Crippen LogP contribution in [0.15, 0.2) is 36.4 Å². The first-order chi connectivity index (χ1) is 13.0. The average Bonchev–Trinajstić information content (AvgIpc) is 2.66. The molecule has 2 heterocycles. The molecule has 7 heteroatoms. The molecule has 0 radical (unpaired) electrons. The molecular formula is C20H27N3O4. The first-order valence-corrected chi connectivity index (χ1v) is 9.04. The number of methoxy groups -OCH3 is 1. The van der Waals surface area contributed by atoms with Crippen LogP contribution in [0.3, 0.4) is 0 Å². The molecule has 2 aliphatic heterocycles. The van der Waals surface area contributed by atoms with E-state index in [4.69, 9.17) is 15.1 Å². The number of phenols is 1. The van der Waals surface area contributed by atoms with E-state index >= 15 is 0 Å². The van der Waals surface area contributed by atoms with Crippen LogP contribution in [0.4, 0.5) is 0 Å². The molecular weight excluding hydrogens is 346 g/mol. The van der Waals surface area contributed by atoms with Crippen molar-refractivity contribution in [3.8, 4) is 11.8 Å². The maximum absolute atomic E-state index is 10.8. The first-order valence-electron chi connectivity index (χ1n) is 9.04. The highest BCUT2D eigenvalue weighted by molar-refractivity contribution is 5.89. The standard InChI is InChI=1S/C12H19N3O.C8H8O3/c1-11(3-2-4-13)14-5-7-15(8-6-14)12-9-16-10-12;1-11-8(10)6-2-4-7(9)5-3-6/h2-3,11-12H,5-10H2,1H3;2-5,9H,1H3. The number of carbonyl (C=O) groups excluding carboxylic acids is 1. The van der Waals surface area contributed by atoms with E-state index in [1.807, 2.05) is 12.1 Å². The van der Waals surface area contributed by atoms with E-state index in [0.29, 0.717) is 17.6 Å². The van der Waals surface area contributed by atoms with Crippen molar-refractivity contribution in [1.29, 1.82) is 5.26 Å². The van der Waals surface area contributed by atoms with Gasteiger partial charge in [-0.1, -0.05) is 6.08 Å². The number of piperazine rings is 1. The SMILES string of the molecule is CC(C=CC#N)N1CCN(C2COC2)CC1.COC(=O)c1ccc(O)cc1. The normalized spacial score (nSPS) is 19.4. The summed E-state index contributed by atoms with van der Waals surface area (Å²) in [5.74, 6) is -0.261. The fraction of sp³-hybridized carbons (Fsp3) is 0.500. The van der Waals surface area contributed by atoms with E-state index < -0.39 is 5.97 Å². The Balaban J connectivity index is 0.000000208. The van der Waals surface area contributed by atoms with Crippen molar-refractivity contribution >= 4 is 5.97 Å². The van der Waals surface area contributed by atoms with Crippen molar-refractivity contribution in [1.82, 2.24) is 9.80 Å². The van der Waals surface area contributed by atoms with Crippen LogP contribution in [0.5, 0.6) is 5.75 Å². The van der Waals surface area contributed by atoms with E-state index in [1.165, 1.54) is 31.4 Å². The quantitative estimate of drug-likeness (QED) is 0.634. The lowest BCUT2D eigenvalue weighted by Gasteiger charge is -2.43. The van der Waals surface area contributed by atoms with Crippen molar-refractivity contribution in [3.05, 3.63) is 42.0 Å². The summed E-state index contributed by atoms with van der Waals surface area (Å²) < 4.78 is 9.67. The summed E-state index contributed by atoms with van der Waals surface area (Å²) in [6.07, 6.45) is 3.55. The molecule has 1 aromatic carbocycles. The molecule has 0 spiro atoms. The smallest absolute Gasteiger partial charge is 0.337 e. The first kappa shape index (κ1) is 20.9. The molecule has 0 amide bonds. The Morgan fingerprint density at radius 1 is 1.30 bits per heavy atom. The molecule has 1 N–H and O–H groups in total. The van der Waals surface area contributed by atoms with Crippen LogP contribution in [0.25, 0.3) is 0 Å². The minimum absolute atomic E-state index is 0.137. The van der Waals surface area contributed by atoms with Crippen LogP contribution >= 0.6 is 0 Å². The number of nitriles is 1. The monoisotopic (exact) mass is 373 g/mol. The molecule has 146 valence electrons. The van der Waals surface area contributed by atoms with Crippen LogP contribution in [0.1, 0.15) is 17.3 Å². The zero-order valence-corrected chi connectivity index (χ0v) is 15.9. The van der Waals surface area contributed by atoms with Gasteiger partial charge in [-0.15, -0.1) is 0 Å². The van der Waals surface area contributed by atoms with Crippen LogP contribution in [-0.4, -0.2) is 79.5 Å². The minimum atomic E-state index is -0.398. The van der Waals surface area contributed by atoms with Gasteiger partial charge in [0.1, 0.15) is 5.75 Å². The number of aromatic hydroxyl groups is 1. The molecule has 3 rings (SSSR count). The van der Waals surface area contributed by atoms with E-state index in [9.17, 15) is 4.79 Å². The summed E-state index contributed by atoms with van der Waals surface area (Å²) in [6.45, 7) is 8.39. The molecule has 0 aromatic heterocycles. The topological polar surface area (TPSA) is 86.0 Å². The summed E-state index contributed by atoms with van der Waals surface area (Å²) in [5.41, 5.74) is 0.435. The predicted octanol–water partition coefficient (Wildman–Crippen LogP) is 1.65. The van der Waals surface area contributed by atoms with Gasteiger partial charge < -0.3 is 14.6 Å². The maximum atomic E-state index is 10.8. The van der Waals surface area contributed by atoms with Crippen LogP contribution in [0.2, 0.25) is 0 Å². The molecule has 27 heavy (non-hydrogen) atoms. The number of phenolic OH excluding ortho intramolecular Hbond substituents is 1. The highest BCUT2D eigenvalue weighted by Gasteiger charge is 2.29. The lowest BCUT2D eigenvalue weighted by molar-refractivity contribution is -0.0780. The molecule has 1 aromatic rings. The van der Waals surface area contributed by atoms with Gasteiger partial charge in [-0.25, -0.2) is 4.79 Å². The van der Waals surface area contributed by atoms with Gasteiger partial charge >= 0.3 is 5.97 Å². The Labute approximate surface area is 160 Å². The fourth-order valence-corrected chi connectivity index (χ4v) is 2.96. The molecule has 1 atom stereocenters. The van der Waals surface area contributed by atoms with Crippen LogP contribution in [0, 0.1) is 11.3 Å². The van der Waals surface area contributed by atoms with Gasteiger partial charge in [0, 0.05) is 38.3 Å². The van der Waals surface area contributed by atoms with E-state index in [1.54, 1.807) is 6.08 Å². The number of benzene rings is 1. The third-order valence-corrected chi connectivity index (χ3v) is 4.80. The van der Waals surface area contributed by atoms with Crippen molar-refractivity contribution < 1.29 is 19.4 Å². The number of carbonyl (C=O) groups is 1. The van der Waals surface area contributed by atoms with Gasteiger partial charge in [0.25, 0.3) is 0 Å². The molecule has 7 nitrogen and oxygen atoms in total. The Bertz CT molecular complexity index is 657. The van der Waals surface area contributed by atoms with Gasteiger partial charge in [-0.3, -0.25) is 9.80 Å². The van der Waals surface area contributed by atoms with Gasteiger partial charge in [0.15, 0.2) is 0 Å². The summed E-state index contributed by atoms with van der Waals surface area (Å²) >= 11 is 0. The summed E-state index contributed by atoms with van der Waals surface area (Å²) in [4.78, 5) is 15.8. The van der Waals surface area contributed by atoms with Crippen LogP contribution in [-0.2, 0) is 9.47 Å². The third kappa shape index (κ3) is 6.36. The lowest BCUT2D eigenvalue weighted by atomic mass is 10.1. The maximum Gasteiger partial charge on any atom is 0.337 e. The Morgan fingerprint density at radius 2 is 1.93 bits per heavy atom. The van der Waals surface area contributed by atoms with E-state index in [2.05, 4.69) is 21.5 Å². The summed E-state index contributed by atoms with van der Waals surface area (Å²) in [6, 6.07) is 8.96. The van der Waals surface area contributed by atoms with Crippen molar-refractivity contribution in [2.75, 3.05) is 46.5 Å². The molecule has 0 bridgehead atoms. The second-order valence-corrected chi connectivity index (χ2v) is 6.53. The Kier molecular flexibility index (Phi) is 8.27. The average molecular weight is 373 g/mol. The second-order valence-electron chi connectivity index (χ2n) is 6.53. The van der Waals surface area contributed by atoms with Crippen molar-refractivity contribution in [3.63, 3.8) is 0 Å². The number of ether oxygens (including phenoxy) is 2. The van der Waals surface area contributed by atoms with E-state index in [0.717, 1.165) is 39.4 Å². The second kappa shape index (κ2) is 10.7. The lowest BCUT2D eigenvalue weighted by Crippen LogP contribution is -2.57. The van der Waals surface area contributed by atoms with Crippen molar-refractivity contribution in [2.45, 2.75) is 19.0 Å². The van der Waals surface area contributed by atoms with Gasteiger partial charge in [0.05, 0.1) is 38.0 Å².